The van der Waals surface area contributed by atoms with Crippen molar-refractivity contribution in [3.8, 4) is 0 Å². The van der Waals surface area contributed by atoms with Crippen molar-refractivity contribution < 1.29 is 19.4 Å². The topological polar surface area (TPSA) is 78.9 Å². The van der Waals surface area contributed by atoms with Crippen LogP contribution in [0.2, 0.25) is 0 Å². The molecule has 2 atom stereocenters. The van der Waals surface area contributed by atoms with E-state index < -0.39 is 23.6 Å². The normalized spacial score (nSPS) is 24.5. The zero-order valence-corrected chi connectivity index (χ0v) is 10.7. The summed E-state index contributed by atoms with van der Waals surface area (Å²) in [4.78, 5) is 24.2. The van der Waals surface area contributed by atoms with E-state index in [4.69, 9.17) is 9.84 Å². The van der Waals surface area contributed by atoms with Crippen LogP contribution in [0.4, 0.5) is 4.79 Å². The minimum atomic E-state index is -0.893. The number of hydrogen-bond acceptors (Lipinski definition) is 4. The number of amides is 1. The number of likely N-dealkylation sites (N-methyl/N-ethyl adjacent to an activating group) is 1. The van der Waals surface area contributed by atoms with Gasteiger partial charge in [-0.15, -0.1) is 0 Å². The molecule has 6 heteroatoms. The Morgan fingerprint density at radius 1 is 1.35 bits per heavy atom. The van der Waals surface area contributed by atoms with E-state index in [1.807, 2.05) is 0 Å². The lowest BCUT2D eigenvalue weighted by atomic mass is 10.0. The van der Waals surface area contributed by atoms with Crippen molar-refractivity contribution in [2.45, 2.75) is 32.4 Å². The van der Waals surface area contributed by atoms with E-state index in [1.165, 1.54) is 4.90 Å². The maximum absolute atomic E-state index is 11.8. The van der Waals surface area contributed by atoms with Crippen molar-refractivity contribution in [1.29, 1.82) is 0 Å². The lowest BCUT2D eigenvalue weighted by Crippen LogP contribution is -2.46. The summed E-state index contributed by atoms with van der Waals surface area (Å²) in [6.07, 6.45) is -0.488. The zero-order chi connectivity index (χ0) is 13.2. The highest BCUT2D eigenvalue weighted by molar-refractivity contribution is 5.74. The minimum Gasteiger partial charge on any atom is -0.481 e. The molecule has 0 spiro atoms. The molecule has 1 saturated heterocycles. The summed E-state index contributed by atoms with van der Waals surface area (Å²) in [5.74, 6) is -1.47. The summed E-state index contributed by atoms with van der Waals surface area (Å²) in [6, 6.07) is -0.359. The molecule has 0 unspecified atom stereocenters. The number of ether oxygens (including phenoxy) is 1. The third kappa shape index (κ3) is 3.59. The number of carbonyl (C=O) groups is 2. The quantitative estimate of drug-likeness (QED) is 0.740. The second-order valence-corrected chi connectivity index (χ2v) is 5.26. The first-order chi connectivity index (χ1) is 7.72. The largest absolute Gasteiger partial charge is 0.481 e. The van der Waals surface area contributed by atoms with Gasteiger partial charge in [0.25, 0.3) is 0 Å². The van der Waals surface area contributed by atoms with Gasteiger partial charge in [-0.25, -0.2) is 4.79 Å². The maximum atomic E-state index is 11.8. The monoisotopic (exact) mass is 244 g/mol. The van der Waals surface area contributed by atoms with Crippen molar-refractivity contribution >= 4 is 12.1 Å². The summed E-state index contributed by atoms with van der Waals surface area (Å²) in [5, 5.41) is 12.0. The summed E-state index contributed by atoms with van der Waals surface area (Å²) >= 11 is 0. The van der Waals surface area contributed by atoms with Crippen molar-refractivity contribution in [3.63, 3.8) is 0 Å². The molecule has 0 aromatic heterocycles. The number of nitrogens with zero attached hydrogens (tertiary/aromatic N) is 1. The second kappa shape index (κ2) is 4.91. The van der Waals surface area contributed by atoms with Crippen LogP contribution in [0.1, 0.15) is 20.8 Å². The van der Waals surface area contributed by atoms with Crippen LogP contribution in [0.25, 0.3) is 0 Å². The number of rotatable bonds is 2. The summed E-state index contributed by atoms with van der Waals surface area (Å²) in [7, 11) is 1.57. The molecule has 0 saturated carbocycles. The smallest absolute Gasteiger partial charge is 0.410 e. The Hall–Kier alpha value is -1.30. The highest BCUT2D eigenvalue weighted by atomic mass is 16.6. The minimum absolute atomic E-state index is 0.359. The Morgan fingerprint density at radius 2 is 1.94 bits per heavy atom. The number of hydrogen-bond donors (Lipinski definition) is 2. The second-order valence-electron chi connectivity index (χ2n) is 5.26. The van der Waals surface area contributed by atoms with Crippen LogP contribution in [0.5, 0.6) is 0 Å². The van der Waals surface area contributed by atoms with E-state index in [0.717, 1.165) is 0 Å². The fraction of sp³-hybridized carbons (Fsp3) is 0.818. The van der Waals surface area contributed by atoms with Gasteiger partial charge in [-0.3, -0.25) is 4.79 Å². The van der Waals surface area contributed by atoms with Crippen LogP contribution in [0.15, 0.2) is 0 Å². The molecule has 0 radical (unpaired) electrons. The number of carboxylic acids is 1. The van der Waals surface area contributed by atoms with Crippen molar-refractivity contribution in [1.82, 2.24) is 10.2 Å². The van der Waals surface area contributed by atoms with Crippen molar-refractivity contribution in [2.75, 3.05) is 20.1 Å². The van der Waals surface area contributed by atoms with Gasteiger partial charge in [-0.05, 0) is 20.8 Å². The summed E-state index contributed by atoms with van der Waals surface area (Å²) < 4.78 is 5.21. The molecule has 0 aliphatic carbocycles. The van der Waals surface area contributed by atoms with E-state index >= 15 is 0 Å². The first-order valence-electron chi connectivity index (χ1n) is 5.61. The average Bonchev–Trinajstić information content (AvgIpc) is 2.61. The fourth-order valence-corrected chi connectivity index (χ4v) is 1.79. The van der Waals surface area contributed by atoms with Gasteiger partial charge in [0.15, 0.2) is 0 Å². The van der Waals surface area contributed by atoms with Gasteiger partial charge in [0, 0.05) is 20.1 Å². The molecule has 0 aromatic rings. The molecule has 1 aliphatic rings. The first-order valence-corrected chi connectivity index (χ1v) is 5.61. The number of nitrogens with one attached hydrogen (secondary N) is 1. The SMILES string of the molecule is CN(C(=O)OC(C)(C)C)[C@@H]1CNC[C@H]1C(=O)O. The Morgan fingerprint density at radius 3 is 2.41 bits per heavy atom. The van der Waals surface area contributed by atoms with E-state index in [2.05, 4.69) is 5.32 Å². The zero-order valence-electron chi connectivity index (χ0n) is 10.7. The van der Waals surface area contributed by atoms with Crippen molar-refractivity contribution in [3.05, 3.63) is 0 Å². The molecule has 0 aromatic carbocycles. The molecular formula is C11H20N2O4. The Kier molecular flexibility index (Phi) is 3.98. The van der Waals surface area contributed by atoms with Gasteiger partial charge >= 0.3 is 12.1 Å². The van der Waals surface area contributed by atoms with E-state index in [-0.39, 0.29) is 6.04 Å². The predicted octanol–water partition coefficient (Wildman–Crippen LogP) is 0.526. The maximum Gasteiger partial charge on any atom is 0.410 e. The van der Waals surface area contributed by atoms with Gasteiger partial charge in [0.05, 0.1) is 12.0 Å². The molecule has 1 amide bonds. The van der Waals surface area contributed by atoms with Crippen LogP contribution in [0, 0.1) is 5.92 Å². The molecule has 17 heavy (non-hydrogen) atoms. The van der Waals surface area contributed by atoms with Crippen molar-refractivity contribution in [2.24, 2.45) is 5.92 Å². The van der Waals surface area contributed by atoms with E-state index in [1.54, 1.807) is 27.8 Å². The highest BCUT2D eigenvalue weighted by Crippen LogP contribution is 2.18. The van der Waals surface area contributed by atoms with Crippen LogP contribution in [-0.4, -0.2) is 53.8 Å². The van der Waals surface area contributed by atoms with E-state index in [9.17, 15) is 9.59 Å². The standard InChI is InChI=1S/C11H20N2O4/c1-11(2,3)17-10(16)13(4)8-6-12-5-7(8)9(14)15/h7-8,12H,5-6H2,1-4H3,(H,14,15)/t7-,8-/m1/s1. The molecule has 98 valence electrons. The average molecular weight is 244 g/mol. The molecular weight excluding hydrogens is 224 g/mol. The molecule has 1 rings (SSSR count). The van der Waals surface area contributed by atoms with Gasteiger partial charge in [0.2, 0.25) is 0 Å². The number of carbonyl (C=O) groups excluding carboxylic acids is 1. The fourth-order valence-electron chi connectivity index (χ4n) is 1.79. The van der Waals surface area contributed by atoms with Gasteiger partial charge in [-0.1, -0.05) is 0 Å². The Balaban J connectivity index is 2.66. The van der Waals surface area contributed by atoms with Crippen LogP contribution >= 0.6 is 0 Å². The Labute approximate surface area is 101 Å². The first kappa shape index (κ1) is 13.8. The molecule has 2 N–H and O–H groups in total. The number of carboxylic acid groups (broad SMARTS) is 1. The van der Waals surface area contributed by atoms with Crippen LogP contribution in [0.3, 0.4) is 0 Å². The molecule has 1 fully saturated rings. The van der Waals surface area contributed by atoms with Gasteiger partial charge < -0.3 is 20.1 Å². The Bertz CT molecular complexity index is 311. The third-order valence-electron chi connectivity index (χ3n) is 2.68. The summed E-state index contributed by atoms with van der Waals surface area (Å²) in [6.45, 7) is 6.20. The lowest BCUT2D eigenvalue weighted by molar-refractivity contribution is -0.142. The van der Waals surface area contributed by atoms with Crippen LogP contribution in [-0.2, 0) is 9.53 Å². The molecule has 1 heterocycles. The van der Waals surface area contributed by atoms with Gasteiger partial charge in [0.1, 0.15) is 5.60 Å². The number of aliphatic carboxylic acids is 1. The highest BCUT2D eigenvalue weighted by Gasteiger charge is 2.38. The molecule has 0 bridgehead atoms. The summed E-state index contributed by atoms with van der Waals surface area (Å²) in [5.41, 5.74) is -0.573. The van der Waals surface area contributed by atoms with Gasteiger partial charge in [-0.2, -0.15) is 0 Å². The van der Waals surface area contributed by atoms with Crippen LogP contribution < -0.4 is 5.32 Å². The predicted molar refractivity (Wildman–Crippen MR) is 61.8 cm³/mol. The van der Waals surface area contributed by atoms with E-state index in [0.29, 0.717) is 13.1 Å². The molecule has 1 aliphatic heterocycles. The molecule has 6 nitrogen and oxygen atoms in total. The third-order valence-corrected chi connectivity index (χ3v) is 2.68. The lowest BCUT2D eigenvalue weighted by Gasteiger charge is -2.29.